The van der Waals surface area contributed by atoms with Gasteiger partial charge in [-0.05, 0) is 32.0 Å². The molecule has 1 N–H and O–H groups in total. The molecule has 0 saturated heterocycles. The van der Waals surface area contributed by atoms with Crippen LogP contribution >= 0.6 is 0 Å². The maximum Gasteiger partial charge on any atom is 0.259 e. The van der Waals surface area contributed by atoms with Gasteiger partial charge in [0.05, 0.1) is 35.1 Å². The molecule has 168 valence electrons. The van der Waals surface area contributed by atoms with E-state index in [1.54, 1.807) is 31.2 Å². The fourth-order valence-corrected chi connectivity index (χ4v) is 3.63. The third kappa shape index (κ3) is 4.55. The molecule has 4 aromatic rings. The normalized spacial score (nSPS) is 10.8. The zero-order valence-electron chi connectivity index (χ0n) is 18.7. The number of pyridine rings is 1. The van der Waals surface area contributed by atoms with Crippen molar-refractivity contribution in [2.45, 2.75) is 13.8 Å². The number of benzene rings is 2. The van der Waals surface area contributed by atoms with Crippen molar-refractivity contribution in [3.8, 4) is 17.0 Å². The van der Waals surface area contributed by atoms with Crippen LogP contribution in [0.5, 0.6) is 5.75 Å². The summed E-state index contributed by atoms with van der Waals surface area (Å²) in [4.78, 5) is 32.3. The zero-order valence-corrected chi connectivity index (χ0v) is 18.7. The number of anilines is 1. The molecule has 2 amide bonds. The van der Waals surface area contributed by atoms with Crippen molar-refractivity contribution in [3.05, 3.63) is 71.9 Å². The van der Waals surface area contributed by atoms with E-state index in [4.69, 9.17) is 9.26 Å². The Kier molecular flexibility index (Phi) is 6.35. The van der Waals surface area contributed by atoms with E-state index in [9.17, 15) is 9.59 Å². The molecule has 0 radical (unpaired) electrons. The van der Waals surface area contributed by atoms with Crippen LogP contribution in [0.1, 0.15) is 23.0 Å². The Hall–Kier alpha value is -4.20. The van der Waals surface area contributed by atoms with E-state index in [-0.39, 0.29) is 24.1 Å². The fourth-order valence-electron chi connectivity index (χ4n) is 3.63. The van der Waals surface area contributed by atoms with Crippen molar-refractivity contribution in [2.24, 2.45) is 0 Å². The zero-order chi connectivity index (χ0) is 23.4. The average molecular weight is 444 g/mol. The molecular weight excluding hydrogens is 420 g/mol. The van der Waals surface area contributed by atoms with Gasteiger partial charge in [-0.1, -0.05) is 47.6 Å². The molecule has 2 heterocycles. The second-order valence-corrected chi connectivity index (χ2v) is 7.44. The molecule has 2 aromatic carbocycles. The third-order valence-corrected chi connectivity index (χ3v) is 5.30. The van der Waals surface area contributed by atoms with E-state index in [0.717, 1.165) is 5.56 Å². The number of hydrogen-bond donors (Lipinski definition) is 1. The minimum Gasteiger partial charge on any atom is -0.495 e. The van der Waals surface area contributed by atoms with Crippen molar-refractivity contribution in [2.75, 3.05) is 25.5 Å². The second-order valence-electron chi connectivity index (χ2n) is 7.44. The number of rotatable bonds is 7. The van der Waals surface area contributed by atoms with Gasteiger partial charge in [0.15, 0.2) is 0 Å². The summed E-state index contributed by atoms with van der Waals surface area (Å²) in [6.07, 6.45) is 0. The molecule has 8 heteroatoms. The first-order chi connectivity index (χ1) is 16.0. The first kappa shape index (κ1) is 22.0. The molecule has 0 aliphatic rings. The highest BCUT2D eigenvalue weighted by molar-refractivity contribution is 6.08. The Balaban J connectivity index is 1.64. The summed E-state index contributed by atoms with van der Waals surface area (Å²) in [5.41, 5.74) is 3.23. The van der Waals surface area contributed by atoms with Crippen LogP contribution in [0.3, 0.4) is 0 Å². The maximum absolute atomic E-state index is 13.6. The quantitative estimate of drug-likeness (QED) is 0.456. The van der Waals surface area contributed by atoms with Gasteiger partial charge in [0.1, 0.15) is 12.3 Å². The Morgan fingerprint density at radius 2 is 1.82 bits per heavy atom. The van der Waals surface area contributed by atoms with E-state index in [1.807, 2.05) is 43.3 Å². The third-order valence-electron chi connectivity index (χ3n) is 5.30. The van der Waals surface area contributed by atoms with Crippen LogP contribution in [-0.2, 0) is 4.79 Å². The molecule has 4 rings (SSSR count). The number of ether oxygens (including phenoxy) is 1. The number of carbonyl (C=O) groups is 2. The fraction of sp³-hybridized carbons (Fsp3) is 0.200. The van der Waals surface area contributed by atoms with Crippen molar-refractivity contribution in [3.63, 3.8) is 0 Å². The minimum atomic E-state index is -0.328. The first-order valence-corrected chi connectivity index (χ1v) is 10.6. The number of amides is 2. The van der Waals surface area contributed by atoms with Crippen LogP contribution in [-0.4, -0.2) is 47.1 Å². The molecule has 0 aliphatic carbocycles. The number of para-hydroxylation sites is 2. The van der Waals surface area contributed by atoms with Gasteiger partial charge in [-0.25, -0.2) is 4.98 Å². The van der Waals surface area contributed by atoms with Crippen molar-refractivity contribution < 1.29 is 18.8 Å². The lowest BCUT2D eigenvalue weighted by Crippen LogP contribution is -2.38. The minimum absolute atomic E-state index is 0.123. The van der Waals surface area contributed by atoms with Gasteiger partial charge in [-0.15, -0.1) is 0 Å². The van der Waals surface area contributed by atoms with Gasteiger partial charge in [-0.3, -0.25) is 9.59 Å². The van der Waals surface area contributed by atoms with Gasteiger partial charge in [-0.2, -0.15) is 0 Å². The number of hydrogen-bond acceptors (Lipinski definition) is 6. The van der Waals surface area contributed by atoms with Crippen LogP contribution < -0.4 is 10.1 Å². The number of methoxy groups -OCH3 is 1. The lowest BCUT2D eigenvalue weighted by molar-refractivity contribution is -0.116. The number of fused-ring (bicyclic) bond motifs is 1. The summed E-state index contributed by atoms with van der Waals surface area (Å²) in [5.74, 6) is -0.0856. The van der Waals surface area contributed by atoms with E-state index in [1.165, 1.54) is 12.0 Å². The number of nitrogens with zero attached hydrogens (tertiary/aromatic N) is 3. The van der Waals surface area contributed by atoms with Gasteiger partial charge in [0.25, 0.3) is 11.6 Å². The van der Waals surface area contributed by atoms with Crippen molar-refractivity contribution in [1.82, 2.24) is 15.0 Å². The summed E-state index contributed by atoms with van der Waals surface area (Å²) in [6.45, 7) is 3.80. The predicted molar refractivity (Wildman–Crippen MR) is 125 cm³/mol. The van der Waals surface area contributed by atoms with Crippen LogP contribution in [0.25, 0.3) is 22.4 Å². The predicted octanol–water partition coefficient (Wildman–Crippen LogP) is 4.31. The number of aromatic nitrogens is 2. The van der Waals surface area contributed by atoms with E-state index in [2.05, 4.69) is 15.5 Å². The standard InChI is InChI=1S/C25H24N4O4/c1-4-29(15-22(30)26-19-12-8-9-13-21(19)32-3)25(31)18-14-20(17-10-6-5-7-11-17)27-24-23(18)16(2)28-33-24/h5-14H,4,15H2,1-3H3,(H,26,30). The molecule has 0 atom stereocenters. The summed E-state index contributed by atoms with van der Waals surface area (Å²) < 4.78 is 10.7. The monoisotopic (exact) mass is 444 g/mol. The van der Waals surface area contributed by atoms with E-state index >= 15 is 0 Å². The van der Waals surface area contributed by atoms with Crippen LogP contribution in [0.2, 0.25) is 0 Å². The summed E-state index contributed by atoms with van der Waals surface area (Å²) >= 11 is 0. The summed E-state index contributed by atoms with van der Waals surface area (Å²) in [6, 6.07) is 18.4. The highest BCUT2D eigenvalue weighted by Gasteiger charge is 2.24. The highest BCUT2D eigenvalue weighted by Crippen LogP contribution is 2.28. The Bertz CT molecular complexity index is 1300. The molecule has 33 heavy (non-hydrogen) atoms. The van der Waals surface area contributed by atoms with Gasteiger partial charge in [0, 0.05) is 12.1 Å². The summed E-state index contributed by atoms with van der Waals surface area (Å²) in [5, 5.41) is 7.35. The number of aryl methyl sites for hydroxylation is 1. The van der Waals surface area contributed by atoms with Crippen LogP contribution in [0, 0.1) is 6.92 Å². The molecular formula is C25H24N4O4. The smallest absolute Gasteiger partial charge is 0.259 e. The van der Waals surface area contributed by atoms with Crippen molar-refractivity contribution in [1.29, 1.82) is 0 Å². The largest absolute Gasteiger partial charge is 0.495 e. The van der Waals surface area contributed by atoms with Crippen molar-refractivity contribution >= 4 is 28.6 Å². The molecule has 0 aliphatic heterocycles. The topological polar surface area (TPSA) is 97.6 Å². The Morgan fingerprint density at radius 1 is 1.09 bits per heavy atom. The Morgan fingerprint density at radius 3 is 2.55 bits per heavy atom. The second kappa shape index (κ2) is 9.52. The number of carbonyl (C=O) groups excluding carboxylic acids is 2. The summed E-state index contributed by atoms with van der Waals surface area (Å²) in [7, 11) is 1.53. The molecule has 0 unspecified atom stereocenters. The molecule has 0 saturated carbocycles. The SMILES string of the molecule is CCN(CC(=O)Nc1ccccc1OC)C(=O)c1cc(-c2ccccc2)nc2onc(C)c12. The lowest BCUT2D eigenvalue weighted by Gasteiger charge is -2.21. The maximum atomic E-state index is 13.6. The van der Waals surface area contributed by atoms with Gasteiger partial charge >= 0.3 is 0 Å². The number of likely N-dealkylation sites (N-methyl/N-ethyl adjacent to an activating group) is 1. The average Bonchev–Trinajstić information content (AvgIpc) is 3.23. The highest BCUT2D eigenvalue weighted by atomic mass is 16.5. The molecule has 2 aromatic heterocycles. The Labute approximate surface area is 191 Å². The van der Waals surface area contributed by atoms with E-state index in [0.29, 0.717) is 40.3 Å². The molecule has 8 nitrogen and oxygen atoms in total. The number of nitrogens with one attached hydrogen (secondary N) is 1. The lowest BCUT2D eigenvalue weighted by atomic mass is 10.0. The van der Waals surface area contributed by atoms with Gasteiger partial charge in [0.2, 0.25) is 5.91 Å². The molecule has 0 fully saturated rings. The van der Waals surface area contributed by atoms with E-state index < -0.39 is 0 Å². The molecule has 0 spiro atoms. The van der Waals surface area contributed by atoms with Gasteiger partial charge < -0.3 is 19.5 Å². The van der Waals surface area contributed by atoms with Crippen LogP contribution in [0.4, 0.5) is 5.69 Å². The first-order valence-electron chi connectivity index (χ1n) is 10.6. The van der Waals surface area contributed by atoms with Crippen LogP contribution in [0.15, 0.2) is 65.2 Å². The molecule has 0 bridgehead atoms.